The molecule has 260 valence electrons. The van der Waals surface area contributed by atoms with E-state index in [0.29, 0.717) is 0 Å². The van der Waals surface area contributed by atoms with Gasteiger partial charge in [0.25, 0.3) is 0 Å². The molecule has 3 fully saturated rings. The van der Waals surface area contributed by atoms with E-state index in [1.165, 1.54) is 7.05 Å². The van der Waals surface area contributed by atoms with Crippen molar-refractivity contribution in [2.24, 2.45) is 32.9 Å². The van der Waals surface area contributed by atoms with Crippen molar-refractivity contribution in [1.82, 2.24) is 5.32 Å². The molecule has 1 aliphatic carbocycles. The fraction of sp³-hybridized carbons (Fsp3) is 0.857. The van der Waals surface area contributed by atoms with Crippen molar-refractivity contribution in [1.29, 1.82) is 0 Å². The van der Waals surface area contributed by atoms with Crippen molar-refractivity contribution < 1.29 is 64.6 Å². The lowest BCUT2D eigenvalue weighted by atomic mass is 9.81. The van der Waals surface area contributed by atoms with Crippen molar-refractivity contribution in [3.8, 4) is 0 Å². The number of nitrogens with one attached hydrogen (secondary N) is 1. The van der Waals surface area contributed by atoms with Gasteiger partial charge in [0.1, 0.15) is 67.0 Å². The van der Waals surface area contributed by atoms with Gasteiger partial charge >= 0.3 is 0 Å². The summed E-state index contributed by atoms with van der Waals surface area (Å²) < 4.78 is 22.7. The molecule has 0 bridgehead atoms. The highest BCUT2D eigenvalue weighted by molar-refractivity contribution is 5.86. The van der Waals surface area contributed by atoms with Gasteiger partial charge in [-0.05, 0) is 7.05 Å². The van der Waals surface area contributed by atoms with Crippen LogP contribution in [0, 0.1) is 0 Å². The van der Waals surface area contributed by atoms with E-state index in [1.54, 1.807) is 0 Å². The van der Waals surface area contributed by atoms with Crippen molar-refractivity contribution >= 4 is 55.4 Å². The van der Waals surface area contributed by atoms with Crippen LogP contribution in [-0.4, -0.2) is 171 Å². The van der Waals surface area contributed by atoms with Crippen LogP contribution in [0.25, 0.3) is 0 Å². The monoisotopic (exact) mass is 705 g/mol. The van der Waals surface area contributed by atoms with Gasteiger partial charge in [0.15, 0.2) is 36.4 Å². The number of hydrogen-bond acceptors (Lipinski definition) is 16. The van der Waals surface area contributed by atoms with Crippen molar-refractivity contribution in [2.75, 3.05) is 20.3 Å². The Balaban J connectivity index is 0.00000616. The van der Waals surface area contributed by atoms with Gasteiger partial charge in [-0.1, -0.05) is 0 Å². The Morgan fingerprint density at radius 1 is 0.818 bits per heavy atom. The fourth-order valence-electron chi connectivity index (χ4n) is 5.16. The summed E-state index contributed by atoms with van der Waals surface area (Å²) in [6, 6.07) is -4.25. The van der Waals surface area contributed by atoms with Crippen LogP contribution in [0.5, 0.6) is 0 Å². The highest BCUT2D eigenvalue weighted by Gasteiger charge is 2.62. The molecule has 0 aromatic carbocycles. The van der Waals surface area contributed by atoms with Crippen LogP contribution in [0.15, 0.2) is 9.98 Å². The quantitative estimate of drug-likeness (QED) is 0.0569. The van der Waals surface area contributed by atoms with E-state index < -0.39 is 116 Å². The van der Waals surface area contributed by atoms with Crippen LogP contribution >= 0.6 is 37.2 Å². The van der Waals surface area contributed by atoms with E-state index in [1.807, 2.05) is 0 Å². The van der Waals surface area contributed by atoms with Gasteiger partial charge in [0, 0.05) is 0 Å². The smallest absolute Gasteiger partial charge is 0.188 e. The maximum absolute atomic E-state index is 12.1. The predicted octanol–water partition coefficient (Wildman–Crippen LogP) is -7.92. The Morgan fingerprint density at radius 3 is 1.86 bits per heavy atom. The first-order valence-electron chi connectivity index (χ1n) is 12.5. The second-order valence-electron chi connectivity index (χ2n) is 9.92. The number of guanidine groups is 2. The van der Waals surface area contributed by atoms with Crippen LogP contribution in [0.1, 0.15) is 0 Å². The van der Waals surface area contributed by atoms with Crippen LogP contribution < -0.4 is 28.3 Å². The number of hydrogen-bond donors (Lipinski definition) is 13. The molecule has 2 aliphatic heterocycles. The summed E-state index contributed by atoms with van der Waals surface area (Å²) in [7, 11) is 1.38. The summed E-state index contributed by atoms with van der Waals surface area (Å²) in [5, 5.41) is 86.5. The first kappa shape index (κ1) is 42.6. The summed E-state index contributed by atoms with van der Waals surface area (Å²) in [5.41, 5.74) is 19.1. The van der Waals surface area contributed by atoms with Crippen LogP contribution in [-0.2, 0) is 23.7 Å². The summed E-state index contributed by atoms with van der Waals surface area (Å²) in [6.07, 6.45) is -18.6. The van der Waals surface area contributed by atoms with Gasteiger partial charge in [-0.15, -0.1) is 37.2 Å². The number of aldehydes is 1. The molecular weight excluding hydrogens is 665 g/mol. The molecule has 20 nitrogen and oxygen atoms in total. The molecule has 1 saturated carbocycles. The van der Waals surface area contributed by atoms with Crippen molar-refractivity contribution in [3.05, 3.63) is 0 Å². The Labute approximate surface area is 269 Å². The normalized spacial score (nSPS) is 43.4. The fourth-order valence-corrected chi connectivity index (χ4v) is 5.16. The summed E-state index contributed by atoms with van der Waals surface area (Å²) in [6.45, 7) is -1.67. The molecule has 3 aliphatic rings. The number of nitrogens with zero attached hydrogens (tertiary/aromatic N) is 2. The molecule has 0 radical (unpaired) electrons. The molecule has 0 aromatic rings. The largest absolute Gasteiger partial charge is 0.394 e. The average Bonchev–Trinajstić information content (AvgIpc) is 3.19. The maximum Gasteiger partial charge on any atom is 0.188 e. The van der Waals surface area contributed by atoms with Gasteiger partial charge in [-0.2, -0.15) is 0 Å². The molecule has 2 saturated heterocycles. The van der Waals surface area contributed by atoms with E-state index >= 15 is 0 Å². The molecule has 0 amide bonds. The zero-order chi connectivity index (χ0) is 30.8. The second kappa shape index (κ2) is 17.5. The van der Waals surface area contributed by atoms with Crippen molar-refractivity contribution in [3.63, 3.8) is 0 Å². The van der Waals surface area contributed by atoms with E-state index in [0.717, 1.165) is 0 Å². The minimum Gasteiger partial charge on any atom is -0.394 e. The number of aliphatic imine (C=N–C) groups is 2. The third-order valence-electron chi connectivity index (χ3n) is 7.33. The molecule has 0 aromatic heterocycles. The van der Waals surface area contributed by atoms with Gasteiger partial charge in [-0.25, -0.2) is 9.98 Å². The number of carbonyl (C=O) groups excluding carboxylic acids is 1. The maximum atomic E-state index is 12.1. The number of likely N-dealkylation sites (N-methyl/N-ethyl adjacent to an activating group) is 1. The highest BCUT2D eigenvalue weighted by atomic mass is 35.5. The Kier molecular flexibility index (Phi) is 16.9. The topological polar surface area (TPSA) is 357 Å². The first-order chi connectivity index (χ1) is 19.2. The average molecular weight is 707 g/mol. The summed E-state index contributed by atoms with van der Waals surface area (Å²) in [5.74, 6) is -1.10. The minimum atomic E-state index is -2.62. The predicted molar refractivity (Wildman–Crippen MR) is 156 cm³/mol. The number of rotatable bonds is 10. The molecular formula is C21H42Cl3N7O13. The number of aliphatic hydroxyl groups is 8. The SMILES string of the molecule is CN[C@@H]1[C@H](O[C@H]2[C@H](O[C@H]3[C@H](O)[C@@H](O)[C@H](N=C(N)N)[C@@H](O)[C@@H]3N=C(N)N)O[C@@H](CO)[C@]2(O)C=O)O[C@@H](CO)[C@H](O)[C@H]1O.Cl.Cl.Cl. The lowest BCUT2D eigenvalue weighted by molar-refractivity contribution is -0.314. The van der Waals surface area contributed by atoms with E-state index in [4.69, 9.17) is 41.9 Å². The third kappa shape index (κ3) is 8.28. The summed E-state index contributed by atoms with van der Waals surface area (Å²) in [4.78, 5) is 19.7. The summed E-state index contributed by atoms with van der Waals surface area (Å²) >= 11 is 0. The van der Waals surface area contributed by atoms with Gasteiger partial charge in [0.05, 0.1) is 19.3 Å². The second-order valence-corrected chi connectivity index (χ2v) is 9.92. The lowest BCUT2D eigenvalue weighted by Gasteiger charge is -2.45. The molecule has 3 rings (SSSR count). The zero-order valence-corrected chi connectivity index (χ0v) is 25.6. The third-order valence-corrected chi connectivity index (χ3v) is 7.33. The van der Waals surface area contributed by atoms with Gasteiger partial charge < -0.3 is 88.1 Å². The first-order valence-corrected chi connectivity index (χ1v) is 12.5. The van der Waals surface area contributed by atoms with Crippen molar-refractivity contribution in [2.45, 2.75) is 91.2 Å². The molecule has 44 heavy (non-hydrogen) atoms. The number of halogens is 3. The van der Waals surface area contributed by atoms with Crippen LogP contribution in [0.3, 0.4) is 0 Å². The molecule has 23 heteroatoms. The Morgan fingerprint density at radius 2 is 1.39 bits per heavy atom. The molecule has 0 spiro atoms. The number of nitrogens with two attached hydrogens (primary N) is 4. The Bertz CT molecular complexity index is 972. The highest BCUT2D eigenvalue weighted by Crippen LogP contribution is 2.38. The van der Waals surface area contributed by atoms with E-state index in [2.05, 4.69) is 15.3 Å². The zero-order valence-electron chi connectivity index (χ0n) is 23.1. The standard InChI is InChI=1S/C21H39N7O13.3ClH/c1-26-9-13(35)10(32)5(2-29)38-17(9)41-16-18(39-6(3-30)21(16,37)4-31)40-15-8(28-20(24)25)11(33)7(27-19(22)23)12(34)14(15)36;;;/h4-18,26,29-30,32-37H,2-3H2,1H3,(H4,22,23,27)(H4,24,25,28);3*1H/t5-,6-,7+,8-,9-,10-,11+,12-,13-,14+,15+,16-,17-,18-,21+;;;/m0.../s1. The molecule has 17 N–H and O–H groups in total. The number of carbonyl (C=O) groups is 1. The minimum absolute atomic E-state index is 0. The Hall–Kier alpha value is -1.44. The lowest BCUT2D eigenvalue weighted by Crippen LogP contribution is -2.66. The molecule has 2 heterocycles. The number of ether oxygens (including phenoxy) is 4. The van der Waals surface area contributed by atoms with E-state index in [9.17, 15) is 45.6 Å². The number of aliphatic hydroxyl groups excluding tert-OH is 7. The molecule has 15 atom stereocenters. The molecule has 0 unspecified atom stereocenters. The van der Waals surface area contributed by atoms with E-state index in [-0.39, 0.29) is 43.5 Å². The van der Waals surface area contributed by atoms with Gasteiger partial charge in [-0.3, -0.25) is 4.79 Å². The van der Waals surface area contributed by atoms with Crippen LogP contribution in [0.2, 0.25) is 0 Å². The van der Waals surface area contributed by atoms with Crippen LogP contribution in [0.4, 0.5) is 0 Å². The van der Waals surface area contributed by atoms with Gasteiger partial charge in [0.2, 0.25) is 0 Å².